The fourth-order valence-electron chi connectivity index (χ4n) is 2.94. The Balaban J connectivity index is 1.75. The fourth-order valence-corrected chi connectivity index (χ4v) is 4.90. The monoisotopic (exact) mass is 392 g/mol. The lowest BCUT2D eigenvalue weighted by atomic mass is 10.1. The smallest absolute Gasteiger partial charge is 0.249 e. The highest BCUT2D eigenvalue weighted by Gasteiger charge is 2.46. The van der Waals surface area contributed by atoms with E-state index in [-0.39, 0.29) is 5.95 Å². The lowest BCUT2D eigenvalue weighted by Crippen LogP contribution is -2.50. The lowest BCUT2D eigenvalue weighted by Gasteiger charge is -2.30. The zero-order valence-corrected chi connectivity index (χ0v) is 16.5. The van der Waals surface area contributed by atoms with Gasteiger partial charge in [0.2, 0.25) is 11.9 Å². The van der Waals surface area contributed by atoms with Gasteiger partial charge in [-0.3, -0.25) is 15.2 Å². The number of carbonyl (C=O) groups excluding carboxylic acids is 1. The molecule has 0 saturated carbocycles. The minimum atomic E-state index is -3.69. The predicted octanol–water partition coefficient (Wildman–Crippen LogP) is 2.09. The number of ether oxygens (including phenoxy) is 1. The molecule has 0 unspecified atom stereocenters. The van der Waals surface area contributed by atoms with Gasteiger partial charge in [-0.25, -0.2) is 8.42 Å². The highest BCUT2D eigenvalue weighted by molar-refractivity contribution is 7.94. The molecule has 0 aliphatic carbocycles. The van der Waals surface area contributed by atoms with E-state index in [1.54, 1.807) is 0 Å². The van der Waals surface area contributed by atoms with Crippen LogP contribution in [0.2, 0.25) is 0 Å². The predicted molar refractivity (Wildman–Crippen MR) is 102 cm³/mol. The van der Waals surface area contributed by atoms with Crippen molar-refractivity contribution in [1.29, 1.82) is 0 Å². The van der Waals surface area contributed by atoms with Gasteiger partial charge >= 0.3 is 0 Å². The second-order valence-corrected chi connectivity index (χ2v) is 9.97. The van der Waals surface area contributed by atoms with Crippen molar-refractivity contribution in [1.82, 2.24) is 15.2 Å². The van der Waals surface area contributed by atoms with Gasteiger partial charge in [0, 0.05) is 18.8 Å². The molecule has 0 spiro atoms. The summed E-state index contributed by atoms with van der Waals surface area (Å²) < 4.78 is 29.5. The van der Waals surface area contributed by atoms with E-state index in [0.717, 1.165) is 11.1 Å². The number of carbonyl (C=O) groups is 1. The highest BCUT2D eigenvalue weighted by Crippen LogP contribution is 2.28. The number of rotatable bonds is 5. The summed E-state index contributed by atoms with van der Waals surface area (Å²) in [5, 5.41) is 8.68. The van der Waals surface area contributed by atoms with Gasteiger partial charge in [0.25, 0.3) is 0 Å². The van der Waals surface area contributed by atoms with Crippen LogP contribution in [0.5, 0.6) is 0 Å². The minimum Gasteiger partial charge on any atom is -0.381 e. The van der Waals surface area contributed by atoms with Crippen LogP contribution in [-0.4, -0.2) is 52.7 Å². The first kappa shape index (κ1) is 19.5. The zero-order chi connectivity index (χ0) is 19.7. The quantitative estimate of drug-likeness (QED) is 0.805. The van der Waals surface area contributed by atoms with Gasteiger partial charge < -0.3 is 4.74 Å². The van der Waals surface area contributed by atoms with Crippen LogP contribution in [-0.2, 0) is 19.4 Å². The van der Waals surface area contributed by atoms with Crippen LogP contribution in [0.4, 0.5) is 5.95 Å². The van der Waals surface area contributed by atoms with Crippen molar-refractivity contribution in [2.24, 2.45) is 0 Å². The van der Waals surface area contributed by atoms with Crippen molar-refractivity contribution < 1.29 is 17.9 Å². The van der Waals surface area contributed by atoms with Crippen molar-refractivity contribution >= 4 is 21.7 Å². The number of aromatic nitrogens is 3. The lowest BCUT2D eigenvalue weighted by molar-refractivity contribution is -0.117. The SMILES string of the molecule is Cc1ccc(-c2nc(NC(=O)C(C)(C)S(=O)(=O)C3CCOCC3)n[nH]2)cc1. The van der Waals surface area contributed by atoms with Gasteiger partial charge in [0.15, 0.2) is 15.7 Å². The number of hydrogen-bond donors (Lipinski definition) is 2. The molecule has 2 heterocycles. The Hall–Kier alpha value is -2.26. The summed E-state index contributed by atoms with van der Waals surface area (Å²) >= 11 is 0. The molecule has 2 N–H and O–H groups in total. The van der Waals surface area contributed by atoms with E-state index in [2.05, 4.69) is 20.5 Å². The molecule has 2 aromatic rings. The van der Waals surface area contributed by atoms with Crippen molar-refractivity contribution in [2.75, 3.05) is 18.5 Å². The van der Waals surface area contributed by atoms with Crippen LogP contribution in [0, 0.1) is 6.92 Å². The molecule has 1 amide bonds. The molecule has 9 heteroatoms. The molecule has 1 aromatic heterocycles. The number of aromatic amines is 1. The van der Waals surface area contributed by atoms with Crippen molar-refractivity contribution in [3.8, 4) is 11.4 Å². The summed E-state index contributed by atoms with van der Waals surface area (Å²) in [4.78, 5) is 16.9. The fraction of sp³-hybridized carbons (Fsp3) is 0.500. The van der Waals surface area contributed by atoms with E-state index in [4.69, 9.17) is 4.74 Å². The molecule has 0 bridgehead atoms. The van der Waals surface area contributed by atoms with Crippen molar-refractivity contribution in [3.63, 3.8) is 0 Å². The molecule has 1 saturated heterocycles. The molecule has 3 rings (SSSR count). The van der Waals surface area contributed by atoms with Crippen LogP contribution in [0.3, 0.4) is 0 Å². The Kier molecular flexibility index (Phi) is 5.34. The first-order chi connectivity index (χ1) is 12.7. The molecule has 1 aliphatic rings. The number of hydrogen-bond acceptors (Lipinski definition) is 6. The summed E-state index contributed by atoms with van der Waals surface area (Å²) in [6.45, 7) is 5.60. The van der Waals surface area contributed by atoms with Crippen LogP contribution >= 0.6 is 0 Å². The van der Waals surface area contributed by atoms with Crippen LogP contribution < -0.4 is 5.32 Å². The third kappa shape index (κ3) is 3.89. The van der Waals surface area contributed by atoms with Gasteiger partial charge in [-0.2, -0.15) is 4.98 Å². The Bertz CT molecular complexity index is 913. The van der Waals surface area contributed by atoms with Crippen LogP contribution in [0.1, 0.15) is 32.3 Å². The van der Waals surface area contributed by atoms with E-state index in [1.165, 1.54) is 13.8 Å². The first-order valence-corrected chi connectivity index (χ1v) is 10.4. The maximum atomic E-state index is 12.9. The average Bonchev–Trinajstić information content (AvgIpc) is 3.11. The van der Waals surface area contributed by atoms with Crippen LogP contribution in [0.25, 0.3) is 11.4 Å². The summed E-state index contributed by atoms with van der Waals surface area (Å²) in [6, 6.07) is 7.67. The maximum absolute atomic E-state index is 12.9. The second-order valence-electron chi connectivity index (χ2n) is 7.19. The van der Waals surface area contributed by atoms with Crippen molar-refractivity contribution in [2.45, 2.75) is 43.6 Å². The molecule has 1 fully saturated rings. The molecule has 0 atom stereocenters. The van der Waals surface area contributed by atoms with Gasteiger partial charge in [-0.15, -0.1) is 5.10 Å². The van der Waals surface area contributed by atoms with E-state index in [9.17, 15) is 13.2 Å². The third-order valence-electron chi connectivity index (χ3n) is 4.90. The highest BCUT2D eigenvalue weighted by atomic mass is 32.2. The second kappa shape index (κ2) is 7.40. The number of amides is 1. The zero-order valence-electron chi connectivity index (χ0n) is 15.7. The summed E-state index contributed by atoms with van der Waals surface area (Å²) in [5.74, 6) is -0.107. The number of aryl methyl sites for hydroxylation is 1. The van der Waals surface area contributed by atoms with Gasteiger partial charge in [-0.1, -0.05) is 29.8 Å². The maximum Gasteiger partial charge on any atom is 0.249 e. The Labute approximate surface area is 158 Å². The molecule has 27 heavy (non-hydrogen) atoms. The van der Waals surface area contributed by atoms with E-state index in [0.29, 0.717) is 31.9 Å². The average molecular weight is 392 g/mol. The summed E-state index contributed by atoms with van der Waals surface area (Å²) in [6.07, 6.45) is 0.800. The van der Waals surface area contributed by atoms with Gasteiger partial charge in [0.1, 0.15) is 4.75 Å². The third-order valence-corrected chi connectivity index (χ3v) is 7.86. The standard InChI is InChI=1S/C18H24N4O4S/c1-12-4-6-13(7-5-12)15-19-17(22-21-15)20-16(23)18(2,3)27(24,25)14-8-10-26-11-9-14/h4-7,14H,8-11H2,1-3H3,(H2,19,20,21,22,23). The first-order valence-electron chi connectivity index (χ1n) is 8.84. The Morgan fingerprint density at radius 2 is 1.85 bits per heavy atom. The Morgan fingerprint density at radius 3 is 2.48 bits per heavy atom. The van der Waals surface area contributed by atoms with Crippen molar-refractivity contribution in [3.05, 3.63) is 29.8 Å². The number of nitrogens with zero attached hydrogens (tertiary/aromatic N) is 2. The molecular weight excluding hydrogens is 368 g/mol. The normalized spacial score (nSPS) is 16.3. The topological polar surface area (TPSA) is 114 Å². The summed E-state index contributed by atoms with van der Waals surface area (Å²) in [7, 11) is -3.69. The van der Waals surface area contributed by atoms with E-state index < -0.39 is 25.7 Å². The molecule has 8 nitrogen and oxygen atoms in total. The number of anilines is 1. The van der Waals surface area contributed by atoms with E-state index >= 15 is 0 Å². The largest absolute Gasteiger partial charge is 0.381 e. The van der Waals surface area contributed by atoms with Gasteiger partial charge in [-0.05, 0) is 33.6 Å². The van der Waals surface area contributed by atoms with Crippen LogP contribution in [0.15, 0.2) is 24.3 Å². The number of sulfone groups is 1. The Morgan fingerprint density at radius 1 is 1.22 bits per heavy atom. The molecule has 1 aliphatic heterocycles. The molecule has 146 valence electrons. The van der Waals surface area contributed by atoms with Gasteiger partial charge in [0.05, 0.1) is 5.25 Å². The summed E-state index contributed by atoms with van der Waals surface area (Å²) in [5.41, 5.74) is 1.94. The minimum absolute atomic E-state index is 0.0471. The van der Waals surface area contributed by atoms with E-state index in [1.807, 2.05) is 31.2 Å². The molecule has 0 radical (unpaired) electrons. The molecular formula is C18H24N4O4S. The number of H-pyrrole nitrogens is 1. The number of benzene rings is 1. The molecule has 1 aromatic carbocycles. The number of nitrogens with one attached hydrogen (secondary N) is 2.